The van der Waals surface area contributed by atoms with Crippen molar-refractivity contribution in [1.29, 1.82) is 0 Å². The number of carboxylic acid groups (broad SMARTS) is 1. The van der Waals surface area contributed by atoms with Crippen molar-refractivity contribution >= 4 is 11.8 Å². The zero-order valence-electron chi connectivity index (χ0n) is 9.42. The molecule has 1 aromatic carbocycles. The molecule has 0 saturated carbocycles. The maximum absolute atomic E-state index is 11.5. The van der Waals surface area contributed by atoms with Crippen LogP contribution in [0.2, 0.25) is 0 Å². The highest BCUT2D eigenvalue weighted by Crippen LogP contribution is 2.20. The lowest BCUT2D eigenvalue weighted by Gasteiger charge is -2.10. The smallest absolute Gasteiger partial charge is 0.303 e. The molecular formula is C12H14O5. The number of rotatable bonds is 6. The summed E-state index contributed by atoms with van der Waals surface area (Å²) in [6.07, 6.45) is -1.77. The number of ketones is 1. The Morgan fingerprint density at radius 1 is 1.35 bits per heavy atom. The maximum Gasteiger partial charge on any atom is 0.303 e. The SMILES string of the molecule is COc1cccc([C@H](O)C(=O)CCC(=O)O)c1. The van der Waals surface area contributed by atoms with Crippen molar-refractivity contribution in [3.05, 3.63) is 29.8 Å². The summed E-state index contributed by atoms with van der Waals surface area (Å²) in [5, 5.41) is 18.2. The quantitative estimate of drug-likeness (QED) is 0.777. The molecule has 5 heteroatoms. The zero-order chi connectivity index (χ0) is 12.8. The van der Waals surface area contributed by atoms with Gasteiger partial charge in [-0.25, -0.2) is 0 Å². The van der Waals surface area contributed by atoms with E-state index in [1.807, 2.05) is 0 Å². The Kier molecular flexibility index (Phi) is 4.66. The topological polar surface area (TPSA) is 83.8 Å². The molecule has 0 unspecified atom stereocenters. The van der Waals surface area contributed by atoms with Gasteiger partial charge in [-0.1, -0.05) is 12.1 Å². The van der Waals surface area contributed by atoms with Gasteiger partial charge in [0.1, 0.15) is 11.9 Å². The largest absolute Gasteiger partial charge is 0.497 e. The van der Waals surface area contributed by atoms with Crippen LogP contribution in [0.3, 0.4) is 0 Å². The van der Waals surface area contributed by atoms with Gasteiger partial charge in [-0.3, -0.25) is 9.59 Å². The predicted molar refractivity (Wildman–Crippen MR) is 59.8 cm³/mol. The molecule has 0 amide bonds. The van der Waals surface area contributed by atoms with Gasteiger partial charge in [0.15, 0.2) is 5.78 Å². The molecule has 0 saturated heterocycles. The third-order valence-corrected chi connectivity index (χ3v) is 2.30. The molecule has 0 aliphatic rings. The number of carbonyl (C=O) groups excluding carboxylic acids is 1. The Hall–Kier alpha value is -1.88. The minimum atomic E-state index is -1.30. The monoisotopic (exact) mass is 238 g/mol. The second-order valence-corrected chi connectivity index (χ2v) is 3.54. The van der Waals surface area contributed by atoms with Crippen molar-refractivity contribution in [3.8, 4) is 5.75 Å². The highest BCUT2D eigenvalue weighted by Gasteiger charge is 2.18. The summed E-state index contributed by atoms with van der Waals surface area (Å²) in [6, 6.07) is 6.48. The second-order valence-electron chi connectivity index (χ2n) is 3.54. The Morgan fingerprint density at radius 2 is 2.06 bits per heavy atom. The molecule has 0 spiro atoms. The minimum absolute atomic E-state index is 0.187. The van der Waals surface area contributed by atoms with E-state index in [2.05, 4.69) is 0 Å². The molecule has 1 rings (SSSR count). The lowest BCUT2D eigenvalue weighted by atomic mass is 10.0. The van der Waals surface area contributed by atoms with Crippen molar-refractivity contribution in [2.45, 2.75) is 18.9 Å². The van der Waals surface area contributed by atoms with Gasteiger partial charge < -0.3 is 14.9 Å². The number of hydrogen-bond donors (Lipinski definition) is 2. The summed E-state index contributed by atoms with van der Waals surface area (Å²) in [5.41, 5.74) is 0.403. The van der Waals surface area contributed by atoms with Gasteiger partial charge in [0.25, 0.3) is 0 Å². The number of hydrogen-bond acceptors (Lipinski definition) is 4. The molecule has 92 valence electrons. The van der Waals surface area contributed by atoms with Crippen LogP contribution in [-0.2, 0) is 9.59 Å². The van der Waals surface area contributed by atoms with Gasteiger partial charge in [-0.15, -0.1) is 0 Å². The van der Waals surface area contributed by atoms with Crippen molar-refractivity contribution in [3.63, 3.8) is 0 Å². The molecule has 0 fully saturated rings. The molecular weight excluding hydrogens is 224 g/mol. The summed E-state index contributed by atoms with van der Waals surface area (Å²) < 4.78 is 4.97. The van der Waals surface area contributed by atoms with E-state index < -0.39 is 17.9 Å². The van der Waals surface area contributed by atoms with Crippen LogP contribution in [0.15, 0.2) is 24.3 Å². The van der Waals surface area contributed by atoms with Crippen molar-refractivity contribution in [2.75, 3.05) is 7.11 Å². The van der Waals surface area contributed by atoms with Crippen LogP contribution < -0.4 is 4.74 Å². The lowest BCUT2D eigenvalue weighted by molar-refractivity contribution is -0.139. The van der Waals surface area contributed by atoms with E-state index in [4.69, 9.17) is 9.84 Å². The third kappa shape index (κ3) is 3.88. The standard InChI is InChI=1S/C12H14O5/c1-17-9-4-2-3-8(7-9)12(16)10(13)5-6-11(14)15/h2-4,7,12,16H,5-6H2,1H3,(H,14,15)/t12-/m0/s1. The highest BCUT2D eigenvalue weighted by atomic mass is 16.5. The van der Waals surface area contributed by atoms with E-state index in [9.17, 15) is 14.7 Å². The number of methoxy groups -OCH3 is 1. The number of benzene rings is 1. The van der Waals surface area contributed by atoms with Gasteiger partial charge in [0.05, 0.1) is 13.5 Å². The minimum Gasteiger partial charge on any atom is -0.497 e. The van der Waals surface area contributed by atoms with Crippen molar-refractivity contribution in [2.24, 2.45) is 0 Å². The van der Waals surface area contributed by atoms with E-state index in [1.165, 1.54) is 7.11 Å². The molecule has 17 heavy (non-hydrogen) atoms. The molecule has 0 heterocycles. The Morgan fingerprint density at radius 3 is 2.65 bits per heavy atom. The molecule has 0 aromatic heterocycles. The first-order chi connectivity index (χ1) is 8.04. The van der Waals surface area contributed by atoms with Gasteiger partial charge in [-0.05, 0) is 17.7 Å². The summed E-state index contributed by atoms with van der Waals surface area (Å²) in [4.78, 5) is 21.8. The summed E-state index contributed by atoms with van der Waals surface area (Å²) in [5.74, 6) is -1.04. The first-order valence-electron chi connectivity index (χ1n) is 5.11. The van der Waals surface area contributed by atoms with Gasteiger partial charge >= 0.3 is 5.97 Å². The number of aliphatic hydroxyl groups excluding tert-OH is 1. The zero-order valence-corrected chi connectivity index (χ0v) is 9.42. The Labute approximate surface area is 98.6 Å². The fourth-order valence-corrected chi connectivity index (χ4v) is 1.36. The van der Waals surface area contributed by atoms with Crippen LogP contribution in [0.1, 0.15) is 24.5 Å². The van der Waals surface area contributed by atoms with Gasteiger partial charge in [-0.2, -0.15) is 0 Å². The van der Waals surface area contributed by atoms with E-state index in [-0.39, 0.29) is 12.8 Å². The van der Waals surface area contributed by atoms with E-state index in [0.717, 1.165) is 0 Å². The number of Topliss-reactive ketones (excluding diaryl/α,β-unsaturated/α-hetero) is 1. The molecule has 2 N–H and O–H groups in total. The number of carbonyl (C=O) groups is 2. The normalized spacial score (nSPS) is 11.9. The third-order valence-electron chi connectivity index (χ3n) is 2.30. The predicted octanol–water partition coefficient (Wildman–Crippen LogP) is 1.16. The fraction of sp³-hybridized carbons (Fsp3) is 0.333. The first kappa shape index (κ1) is 13.2. The van der Waals surface area contributed by atoms with E-state index in [1.54, 1.807) is 24.3 Å². The van der Waals surface area contributed by atoms with Crippen LogP contribution in [0, 0.1) is 0 Å². The first-order valence-corrected chi connectivity index (χ1v) is 5.11. The molecule has 1 aromatic rings. The van der Waals surface area contributed by atoms with Crippen LogP contribution in [0.4, 0.5) is 0 Å². The lowest BCUT2D eigenvalue weighted by Crippen LogP contribution is -2.13. The molecule has 5 nitrogen and oxygen atoms in total. The molecule has 0 aliphatic carbocycles. The molecule has 0 aliphatic heterocycles. The number of aliphatic hydroxyl groups is 1. The van der Waals surface area contributed by atoms with Crippen LogP contribution in [0.25, 0.3) is 0 Å². The van der Waals surface area contributed by atoms with Crippen LogP contribution >= 0.6 is 0 Å². The molecule has 0 bridgehead atoms. The van der Waals surface area contributed by atoms with Crippen molar-refractivity contribution < 1.29 is 24.5 Å². The summed E-state index contributed by atoms with van der Waals surface area (Å²) in [6.45, 7) is 0. The van der Waals surface area contributed by atoms with E-state index >= 15 is 0 Å². The average molecular weight is 238 g/mol. The Bertz CT molecular complexity index is 413. The van der Waals surface area contributed by atoms with Crippen LogP contribution in [0.5, 0.6) is 5.75 Å². The highest BCUT2D eigenvalue weighted by molar-refractivity contribution is 5.86. The number of aliphatic carboxylic acids is 1. The van der Waals surface area contributed by atoms with Crippen molar-refractivity contribution in [1.82, 2.24) is 0 Å². The molecule has 0 radical (unpaired) electrons. The number of carboxylic acids is 1. The average Bonchev–Trinajstić information content (AvgIpc) is 2.35. The summed E-state index contributed by atoms with van der Waals surface area (Å²) in [7, 11) is 1.48. The fourth-order valence-electron chi connectivity index (χ4n) is 1.36. The summed E-state index contributed by atoms with van der Waals surface area (Å²) >= 11 is 0. The van der Waals surface area contributed by atoms with Gasteiger partial charge in [0, 0.05) is 6.42 Å². The second kappa shape index (κ2) is 6.00. The van der Waals surface area contributed by atoms with Crippen LogP contribution in [-0.4, -0.2) is 29.1 Å². The van der Waals surface area contributed by atoms with E-state index in [0.29, 0.717) is 11.3 Å². The number of ether oxygens (including phenoxy) is 1. The molecule has 1 atom stereocenters. The Balaban J connectivity index is 2.70. The van der Waals surface area contributed by atoms with Gasteiger partial charge in [0.2, 0.25) is 0 Å². The maximum atomic E-state index is 11.5.